The van der Waals surface area contributed by atoms with Crippen LogP contribution in [-0.4, -0.2) is 13.0 Å². The Morgan fingerprint density at radius 1 is 1.35 bits per heavy atom. The summed E-state index contributed by atoms with van der Waals surface area (Å²) in [5.74, 6) is -0.0423. The zero-order valence-electron chi connectivity index (χ0n) is 9.18. The Morgan fingerprint density at radius 3 is 2.53 bits per heavy atom. The van der Waals surface area contributed by atoms with Gasteiger partial charge in [0, 0.05) is 28.2 Å². The van der Waals surface area contributed by atoms with E-state index < -0.39 is 0 Å². The third-order valence-corrected chi connectivity index (χ3v) is 4.11. The van der Waals surface area contributed by atoms with Crippen LogP contribution in [0.4, 0.5) is 10.7 Å². The van der Waals surface area contributed by atoms with Crippen molar-refractivity contribution in [2.24, 2.45) is 0 Å². The minimum Gasteiger partial charge on any atom is -0.399 e. The highest BCUT2D eigenvalue weighted by molar-refractivity contribution is 9.10. The first-order chi connectivity index (χ1) is 8.08. The maximum Gasteiger partial charge on any atom is 0.258 e. The zero-order chi connectivity index (χ0) is 12.4. The van der Waals surface area contributed by atoms with Gasteiger partial charge in [0.05, 0.1) is 5.00 Å². The third-order valence-electron chi connectivity index (χ3n) is 2.35. The maximum atomic E-state index is 12.1. The lowest BCUT2D eigenvalue weighted by atomic mass is 10.2. The van der Waals surface area contributed by atoms with Crippen LogP contribution in [0, 0.1) is 0 Å². The van der Waals surface area contributed by atoms with Crippen molar-refractivity contribution >= 4 is 43.9 Å². The number of amides is 1. The Hall–Kier alpha value is -1.33. The zero-order valence-corrected chi connectivity index (χ0v) is 11.6. The van der Waals surface area contributed by atoms with Crippen molar-refractivity contribution in [3.63, 3.8) is 0 Å². The summed E-state index contributed by atoms with van der Waals surface area (Å²) in [5.41, 5.74) is 6.87. The lowest BCUT2D eigenvalue weighted by molar-refractivity contribution is 0.0993. The molecule has 1 heterocycles. The second kappa shape index (κ2) is 4.89. The smallest absolute Gasteiger partial charge is 0.258 e. The summed E-state index contributed by atoms with van der Waals surface area (Å²) >= 11 is 4.89. The molecule has 3 nitrogen and oxygen atoms in total. The Morgan fingerprint density at radius 2 is 2.00 bits per heavy atom. The van der Waals surface area contributed by atoms with Crippen molar-refractivity contribution in [2.45, 2.75) is 0 Å². The number of nitrogen functional groups attached to an aromatic ring is 1. The van der Waals surface area contributed by atoms with E-state index in [1.165, 1.54) is 11.3 Å². The monoisotopic (exact) mass is 310 g/mol. The second-order valence-corrected chi connectivity index (χ2v) is 5.39. The van der Waals surface area contributed by atoms with Gasteiger partial charge in [0.1, 0.15) is 0 Å². The van der Waals surface area contributed by atoms with Crippen LogP contribution < -0.4 is 10.6 Å². The number of thiophene rings is 1. The molecule has 2 aromatic rings. The van der Waals surface area contributed by atoms with Crippen molar-refractivity contribution < 1.29 is 4.79 Å². The lowest BCUT2D eigenvalue weighted by Crippen LogP contribution is -2.25. The summed E-state index contributed by atoms with van der Waals surface area (Å²) in [4.78, 5) is 13.8. The number of nitrogens with two attached hydrogens (primary N) is 1. The molecule has 1 amide bonds. The van der Waals surface area contributed by atoms with Gasteiger partial charge in [0.25, 0.3) is 5.91 Å². The van der Waals surface area contributed by atoms with Crippen molar-refractivity contribution in [1.29, 1.82) is 0 Å². The molecule has 0 spiro atoms. The predicted molar refractivity (Wildman–Crippen MR) is 75.6 cm³/mol. The molecular weight excluding hydrogens is 300 g/mol. The highest BCUT2D eigenvalue weighted by atomic mass is 79.9. The Bertz CT molecular complexity index is 536. The van der Waals surface area contributed by atoms with E-state index in [0.29, 0.717) is 11.3 Å². The van der Waals surface area contributed by atoms with Crippen LogP contribution in [0.2, 0.25) is 0 Å². The van der Waals surface area contributed by atoms with E-state index in [4.69, 9.17) is 5.73 Å². The number of hydrogen-bond donors (Lipinski definition) is 1. The molecule has 0 aliphatic heterocycles. The summed E-state index contributed by atoms with van der Waals surface area (Å²) in [6.45, 7) is 0. The number of anilines is 2. The first-order valence-corrected chi connectivity index (χ1v) is 6.63. The van der Waals surface area contributed by atoms with Gasteiger partial charge in [-0.15, -0.1) is 11.3 Å². The van der Waals surface area contributed by atoms with Gasteiger partial charge < -0.3 is 10.6 Å². The summed E-state index contributed by atoms with van der Waals surface area (Å²) < 4.78 is 0.981. The van der Waals surface area contributed by atoms with Crippen molar-refractivity contribution in [3.05, 3.63) is 45.7 Å². The topological polar surface area (TPSA) is 46.3 Å². The quantitative estimate of drug-likeness (QED) is 0.864. The van der Waals surface area contributed by atoms with Crippen molar-refractivity contribution in [2.75, 3.05) is 17.7 Å². The molecule has 0 bridgehead atoms. The van der Waals surface area contributed by atoms with Gasteiger partial charge in [-0.05, 0) is 46.3 Å². The fraction of sp³-hybridized carbons (Fsp3) is 0.0833. The molecule has 5 heteroatoms. The molecule has 2 N–H and O–H groups in total. The van der Waals surface area contributed by atoms with E-state index in [1.807, 2.05) is 11.4 Å². The minimum atomic E-state index is -0.0423. The molecule has 1 aromatic heterocycles. The molecule has 0 radical (unpaired) electrons. The SMILES string of the molecule is CN(C(=O)c1ccc(N)cc1)c1cc(Br)cs1. The Labute approximate surface area is 112 Å². The highest BCUT2D eigenvalue weighted by Crippen LogP contribution is 2.28. The molecule has 2 rings (SSSR count). The molecule has 0 unspecified atom stereocenters. The van der Waals surface area contributed by atoms with Crippen LogP contribution in [-0.2, 0) is 0 Å². The normalized spacial score (nSPS) is 10.2. The average Bonchev–Trinajstić information content (AvgIpc) is 2.75. The van der Waals surface area contributed by atoms with Gasteiger partial charge in [0.2, 0.25) is 0 Å². The van der Waals surface area contributed by atoms with E-state index in [2.05, 4.69) is 15.9 Å². The maximum absolute atomic E-state index is 12.1. The third kappa shape index (κ3) is 2.68. The molecule has 0 fully saturated rings. The lowest BCUT2D eigenvalue weighted by Gasteiger charge is -2.14. The fourth-order valence-corrected chi connectivity index (χ4v) is 2.78. The van der Waals surface area contributed by atoms with Gasteiger partial charge in [-0.2, -0.15) is 0 Å². The van der Waals surface area contributed by atoms with Crippen LogP contribution >= 0.6 is 27.3 Å². The number of hydrogen-bond acceptors (Lipinski definition) is 3. The van der Waals surface area contributed by atoms with E-state index in [0.717, 1.165) is 9.47 Å². The molecule has 0 saturated heterocycles. The van der Waals surface area contributed by atoms with E-state index in [1.54, 1.807) is 36.2 Å². The molecule has 1 aromatic carbocycles. The first kappa shape index (κ1) is 12.1. The fourth-order valence-electron chi connectivity index (χ4n) is 1.40. The van der Waals surface area contributed by atoms with Crippen molar-refractivity contribution in [1.82, 2.24) is 0 Å². The van der Waals surface area contributed by atoms with Crippen LogP contribution in [0.3, 0.4) is 0 Å². The van der Waals surface area contributed by atoms with E-state index in [-0.39, 0.29) is 5.91 Å². The van der Waals surface area contributed by atoms with Crippen LogP contribution in [0.1, 0.15) is 10.4 Å². The molecule has 17 heavy (non-hydrogen) atoms. The van der Waals surface area contributed by atoms with Gasteiger partial charge in [-0.25, -0.2) is 0 Å². The number of rotatable bonds is 2. The predicted octanol–water partition coefficient (Wildman–Crippen LogP) is 3.37. The summed E-state index contributed by atoms with van der Waals surface area (Å²) in [7, 11) is 1.76. The van der Waals surface area contributed by atoms with E-state index in [9.17, 15) is 4.79 Å². The minimum absolute atomic E-state index is 0.0423. The Balaban J connectivity index is 2.23. The average molecular weight is 311 g/mol. The van der Waals surface area contributed by atoms with Gasteiger partial charge in [-0.1, -0.05) is 0 Å². The number of carbonyl (C=O) groups excluding carboxylic acids is 1. The second-order valence-electron chi connectivity index (χ2n) is 3.59. The number of carbonyl (C=O) groups is 1. The summed E-state index contributed by atoms with van der Waals surface area (Å²) in [6, 6.07) is 8.84. The highest BCUT2D eigenvalue weighted by Gasteiger charge is 2.14. The first-order valence-electron chi connectivity index (χ1n) is 4.95. The Kier molecular flexibility index (Phi) is 3.49. The molecule has 88 valence electrons. The molecule has 0 aliphatic rings. The van der Waals surface area contributed by atoms with Gasteiger partial charge >= 0.3 is 0 Å². The molecule has 0 aliphatic carbocycles. The largest absolute Gasteiger partial charge is 0.399 e. The number of nitrogens with zero attached hydrogens (tertiary/aromatic N) is 1. The number of halogens is 1. The molecular formula is C12H11BrN2OS. The van der Waals surface area contributed by atoms with Crippen LogP contribution in [0.25, 0.3) is 0 Å². The molecule has 0 atom stereocenters. The van der Waals surface area contributed by atoms with E-state index >= 15 is 0 Å². The summed E-state index contributed by atoms with van der Waals surface area (Å²) in [6.07, 6.45) is 0. The summed E-state index contributed by atoms with van der Waals surface area (Å²) in [5, 5.41) is 2.85. The van der Waals surface area contributed by atoms with Crippen LogP contribution in [0.15, 0.2) is 40.2 Å². The standard InChI is InChI=1S/C12H11BrN2OS/c1-15(11-6-9(13)7-17-11)12(16)8-2-4-10(14)5-3-8/h2-7H,14H2,1H3. The van der Waals surface area contributed by atoms with Crippen molar-refractivity contribution in [3.8, 4) is 0 Å². The van der Waals surface area contributed by atoms with Crippen LogP contribution in [0.5, 0.6) is 0 Å². The molecule has 0 saturated carbocycles. The van der Waals surface area contributed by atoms with Gasteiger partial charge in [0.15, 0.2) is 0 Å². The van der Waals surface area contributed by atoms with Gasteiger partial charge in [-0.3, -0.25) is 4.79 Å². The number of benzene rings is 1.